The molecule has 3 aromatic rings. The molecule has 0 atom stereocenters. The molecule has 0 aliphatic heterocycles. The summed E-state index contributed by atoms with van der Waals surface area (Å²) in [7, 11) is 0. The molecule has 0 aliphatic rings. The number of hydrogen-bond acceptors (Lipinski definition) is 6. The highest BCUT2D eigenvalue weighted by atomic mass is 32.2. The van der Waals surface area contributed by atoms with Crippen molar-refractivity contribution in [1.82, 2.24) is 25.1 Å². The second-order valence-corrected chi connectivity index (χ2v) is 5.49. The second kappa shape index (κ2) is 6.90. The van der Waals surface area contributed by atoms with Gasteiger partial charge < -0.3 is 5.32 Å². The summed E-state index contributed by atoms with van der Waals surface area (Å²) in [5, 5.41) is 10.0. The summed E-state index contributed by atoms with van der Waals surface area (Å²) < 4.78 is 0. The molecule has 3 rings (SSSR count). The van der Waals surface area contributed by atoms with Crippen molar-refractivity contribution in [2.24, 2.45) is 0 Å². The van der Waals surface area contributed by atoms with Crippen LogP contribution in [-0.4, -0.2) is 25.1 Å². The van der Waals surface area contributed by atoms with Crippen LogP contribution in [0.2, 0.25) is 0 Å². The van der Waals surface area contributed by atoms with Gasteiger partial charge in [0.15, 0.2) is 0 Å². The molecular formula is C14H14N6OS. The lowest BCUT2D eigenvalue weighted by atomic mass is 10.2. The number of nitrogens with one attached hydrogen (secondary N) is 3. The molecule has 2 aromatic heterocycles. The minimum absolute atomic E-state index is 0.324. The van der Waals surface area contributed by atoms with Crippen LogP contribution in [0.25, 0.3) is 0 Å². The normalized spacial score (nSPS) is 10.5. The van der Waals surface area contributed by atoms with E-state index in [0.29, 0.717) is 18.2 Å². The SMILES string of the molecule is O=c1[nH]nc(CNc2cncc(SCc3ccccc3)n2)[nH]1. The fourth-order valence-corrected chi connectivity index (χ4v) is 2.60. The van der Waals surface area contributed by atoms with Gasteiger partial charge in [-0.1, -0.05) is 30.3 Å². The van der Waals surface area contributed by atoms with E-state index in [1.165, 1.54) is 5.56 Å². The van der Waals surface area contributed by atoms with Crippen LogP contribution in [0.5, 0.6) is 0 Å². The molecule has 0 fully saturated rings. The number of nitrogens with zero attached hydrogens (tertiary/aromatic N) is 3. The monoisotopic (exact) mass is 314 g/mol. The van der Waals surface area contributed by atoms with Gasteiger partial charge in [0.1, 0.15) is 16.7 Å². The van der Waals surface area contributed by atoms with Gasteiger partial charge in [-0.05, 0) is 5.56 Å². The number of H-pyrrole nitrogens is 2. The van der Waals surface area contributed by atoms with Crippen molar-refractivity contribution < 1.29 is 0 Å². The van der Waals surface area contributed by atoms with Crippen LogP contribution in [0.4, 0.5) is 5.82 Å². The van der Waals surface area contributed by atoms with E-state index in [2.05, 4.69) is 42.6 Å². The van der Waals surface area contributed by atoms with Crippen molar-refractivity contribution in [1.29, 1.82) is 0 Å². The Hall–Kier alpha value is -2.61. The third-order valence-corrected chi connectivity index (χ3v) is 3.80. The zero-order chi connectivity index (χ0) is 15.2. The van der Waals surface area contributed by atoms with E-state index in [9.17, 15) is 4.79 Å². The quantitative estimate of drug-likeness (QED) is 0.600. The lowest BCUT2D eigenvalue weighted by Crippen LogP contribution is -2.06. The highest BCUT2D eigenvalue weighted by Gasteiger charge is 2.02. The zero-order valence-electron chi connectivity index (χ0n) is 11.6. The van der Waals surface area contributed by atoms with Crippen molar-refractivity contribution in [3.63, 3.8) is 0 Å². The summed E-state index contributed by atoms with van der Waals surface area (Å²) >= 11 is 1.62. The van der Waals surface area contributed by atoms with Crippen LogP contribution in [0.3, 0.4) is 0 Å². The van der Waals surface area contributed by atoms with Gasteiger partial charge >= 0.3 is 5.69 Å². The number of anilines is 1. The Morgan fingerprint density at radius 2 is 2.05 bits per heavy atom. The molecule has 112 valence electrons. The molecule has 2 heterocycles. The van der Waals surface area contributed by atoms with Gasteiger partial charge in [-0.15, -0.1) is 11.8 Å². The topological polar surface area (TPSA) is 99.3 Å². The first kappa shape index (κ1) is 14.3. The molecule has 0 unspecified atom stereocenters. The molecule has 0 saturated heterocycles. The third-order valence-electron chi connectivity index (χ3n) is 2.83. The first-order valence-corrected chi connectivity index (χ1v) is 7.64. The standard InChI is InChI=1S/C14H14N6OS/c21-14-18-12(19-20-14)7-16-11-6-15-8-13(17-11)22-9-10-4-2-1-3-5-10/h1-6,8H,7,9H2,(H,16,17)(H2,18,19,20,21). The van der Waals surface area contributed by atoms with Gasteiger partial charge in [0, 0.05) is 5.75 Å². The molecule has 0 spiro atoms. The summed E-state index contributed by atoms with van der Waals surface area (Å²) in [6, 6.07) is 10.2. The van der Waals surface area contributed by atoms with E-state index in [-0.39, 0.29) is 5.69 Å². The van der Waals surface area contributed by atoms with Crippen molar-refractivity contribution in [2.45, 2.75) is 17.3 Å². The number of aromatic nitrogens is 5. The Morgan fingerprint density at radius 3 is 2.82 bits per heavy atom. The summed E-state index contributed by atoms with van der Waals surface area (Å²) in [6.07, 6.45) is 3.37. The maximum atomic E-state index is 10.9. The van der Waals surface area contributed by atoms with Gasteiger partial charge in [-0.3, -0.25) is 9.97 Å². The summed E-state index contributed by atoms with van der Waals surface area (Å²) in [5.41, 5.74) is 0.914. The van der Waals surface area contributed by atoms with E-state index in [1.807, 2.05) is 18.2 Å². The Balaban J connectivity index is 1.58. The number of aromatic amines is 2. The maximum absolute atomic E-state index is 10.9. The highest BCUT2D eigenvalue weighted by molar-refractivity contribution is 7.98. The predicted octanol–water partition coefficient (Wildman–Crippen LogP) is 1.79. The van der Waals surface area contributed by atoms with Crippen LogP contribution >= 0.6 is 11.8 Å². The molecule has 0 aliphatic carbocycles. The minimum Gasteiger partial charge on any atom is -0.361 e. The van der Waals surface area contributed by atoms with Gasteiger partial charge in [-0.2, -0.15) is 5.10 Å². The number of thioether (sulfide) groups is 1. The van der Waals surface area contributed by atoms with Crippen molar-refractivity contribution >= 4 is 17.6 Å². The van der Waals surface area contributed by atoms with Crippen molar-refractivity contribution in [2.75, 3.05) is 5.32 Å². The van der Waals surface area contributed by atoms with E-state index in [1.54, 1.807) is 24.2 Å². The summed E-state index contributed by atoms with van der Waals surface area (Å²) in [5.74, 6) is 2.00. The molecule has 0 bridgehead atoms. The Bertz CT molecular complexity index is 785. The number of rotatable bonds is 6. The van der Waals surface area contributed by atoms with Crippen LogP contribution < -0.4 is 11.0 Å². The molecule has 8 heteroatoms. The fraction of sp³-hybridized carbons (Fsp3) is 0.143. The molecule has 0 amide bonds. The predicted molar refractivity (Wildman–Crippen MR) is 84.6 cm³/mol. The van der Waals surface area contributed by atoms with E-state index >= 15 is 0 Å². The van der Waals surface area contributed by atoms with Crippen LogP contribution in [-0.2, 0) is 12.3 Å². The molecular weight excluding hydrogens is 300 g/mol. The molecule has 7 nitrogen and oxygen atoms in total. The Labute approximate surface area is 130 Å². The van der Waals surface area contributed by atoms with Crippen LogP contribution in [0, 0.1) is 0 Å². The third kappa shape index (κ3) is 3.95. The van der Waals surface area contributed by atoms with Gasteiger partial charge in [0.2, 0.25) is 0 Å². The molecule has 0 radical (unpaired) electrons. The summed E-state index contributed by atoms with van der Waals surface area (Å²) in [4.78, 5) is 22.1. The van der Waals surface area contributed by atoms with Gasteiger partial charge in [0.25, 0.3) is 0 Å². The van der Waals surface area contributed by atoms with Crippen molar-refractivity contribution in [3.8, 4) is 0 Å². The average Bonchev–Trinajstić information content (AvgIpc) is 2.98. The Kier molecular flexibility index (Phi) is 4.50. The average molecular weight is 314 g/mol. The lowest BCUT2D eigenvalue weighted by Gasteiger charge is -2.05. The zero-order valence-corrected chi connectivity index (χ0v) is 12.4. The number of hydrogen-bond donors (Lipinski definition) is 3. The lowest BCUT2D eigenvalue weighted by molar-refractivity contribution is 0.933. The van der Waals surface area contributed by atoms with E-state index in [4.69, 9.17) is 0 Å². The molecule has 1 aromatic carbocycles. The number of benzene rings is 1. The largest absolute Gasteiger partial charge is 0.361 e. The Morgan fingerprint density at radius 1 is 1.18 bits per heavy atom. The maximum Gasteiger partial charge on any atom is 0.340 e. The first-order chi connectivity index (χ1) is 10.8. The first-order valence-electron chi connectivity index (χ1n) is 6.66. The molecule has 22 heavy (non-hydrogen) atoms. The molecule has 3 N–H and O–H groups in total. The minimum atomic E-state index is -0.324. The van der Waals surface area contributed by atoms with Crippen molar-refractivity contribution in [3.05, 3.63) is 64.6 Å². The molecule has 0 saturated carbocycles. The second-order valence-electron chi connectivity index (χ2n) is 4.49. The summed E-state index contributed by atoms with van der Waals surface area (Å²) in [6.45, 7) is 0.375. The van der Waals surface area contributed by atoms with Gasteiger partial charge in [-0.25, -0.2) is 14.9 Å². The van der Waals surface area contributed by atoms with Gasteiger partial charge in [0.05, 0.1) is 18.9 Å². The smallest absolute Gasteiger partial charge is 0.340 e. The van der Waals surface area contributed by atoms with Crippen LogP contribution in [0.1, 0.15) is 11.4 Å². The van der Waals surface area contributed by atoms with E-state index < -0.39 is 0 Å². The highest BCUT2D eigenvalue weighted by Crippen LogP contribution is 2.21. The van der Waals surface area contributed by atoms with E-state index in [0.717, 1.165) is 10.8 Å². The van der Waals surface area contributed by atoms with Crippen LogP contribution in [0.15, 0.2) is 52.5 Å². The fourth-order valence-electron chi connectivity index (χ4n) is 1.80.